The molecule has 0 aliphatic rings. The number of ketones is 1. The number of thioether (sulfide) groups is 1. The highest BCUT2D eigenvalue weighted by molar-refractivity contribution is 7.99. The highest BCUT2D eigenvalue weighted by Gasteiger charge is 2.22. The summed E-state index contributed by atoms with van der Waals surface area (Å²) in [5.74, 6) is 0.583. The molecule has 21 heavy (non-hydrogen) atoms. The Labute approximate surface area is 130 Å². The van der Waals surface area contributed by atoms with Crippen LogP contribution in [-0.4, -0.2) is 21.1 Å². The van der Waals surface area contributed by atoms with Crippen LogP contribution in [0.15, 0.2) is 35.5 Å². The molecule has 2 rings (SSSR count). The Morgan fingerprint density at radius 2 is 2.00 bits per heavy atom. The highest BCUT2D eigenvalue weighted by Crippen LogP contribution is 2.26. The van der Waals surface area contributed by atoms with E-state index in [1.807, 2.05) is 31.2 Å². The van der Waals surface area contributed by atoms with Crippen molar-refractivity contribution in [3.63, 3.8) is 0 Å². The number of pyridine rings is 1. The smallest absolute Gasteiger partial charge is 0.174 e. The van der Waals surface area contributed by atoms with Crippen LogP contribution < -0.4 is 0 Å². The molecular weight excluding hydrogens is 280 g/mol. The molecule has 0 atom stereocenters. The molecule has 4 heteroatoms. The summed E-state index contributed by atoms with van der Waals surface area (Å²) in [6.45, 7) is 10.6. The van der Waals surface area contributed by atoms with Gasteiger partial charge >= 0.3 is 0 Å². The quantitative estimate of drug-likeness (QED) is 0.626. The first-order chi connectivity index (χ1) is 9.80. The molecule has 0 fully saturated rings. The van der Waals surface area contributed by atoms with Gasteiger partial charge < -0.3 is 4.57 Å². The van der Waals surface area contributed by atoms with E-state index < -0.39 is 0 Å². The van der Waals surface area contributed by atoms with E-state index in [0.717, 1.165) is 22.0 Å². The summed E-state index contributed by atoms with van der Waals surface area (Å²) >= 11 is 1.48. The largest absolute Gasteiger partial charge is 0.343 e. The maximum absolute atomic E-state index is 12.5. The van der Waals surface area contributed by atoms with Crippen molar-refractivity contribution in [3.05, 3.63) is 47.4 Å². The van der Waals surface area contributed by atoms with Crippen LogP contribution in [0.3, 0.4) is 0 Å². The van der Waals surface area contributed by atoms with Gasteiger partial charge in [0.2, 0.25) is 0 Å². The Morgan fingerprint density at radius 3 is 2.52 bits per heavy atom. The van der Waals surface area contributed by atoms with Crippen molar-refractivity contribution in [1.29, 1.82) is 0 Å². The third-order valence-corrected chi connectivity index (χ3v) is 4.34. The number of hydrogen-bond donors (Lipinski definition) is 0. The van der Waals surface area contributed by atoms with Crippen LogP contribution in [-0.2, 0) is 5.54 Å². The first-order valence-electron chi connectivity index (χ1n) is 7.07. The van der Waals surface area contributed by atoms with Crippen molar-refractivity contribution in [3.8, 4) is 0 Å². The van der Waals surface area contributed by atoms with Crippen LogP contribution >= 0.6 is 11.8 Å². The number of rotatable bonds is 4. The predicted octanol–water partition coefficient (Wildman–Crippen LogP) is 4.23. The Hall–Kier alpha value is -1.55. The SMILES string of the molecule is Cc1cc(C(=O)CSc2ccccn2)c(C)n1C(C)(C)C. The Bertz CT molecular complexity index is 639. The molecular formula is C17H22N2OS. The first kappa shape index (κ1) is 15.8. The van der Waals surface area contributed by atoms with Gasteiger partial charge in [0.1, 0.15) is 0 Å². The zero-order chi connectivity index (χ0) is 15.6. The van der Waals surface area contributed by atoms with Crippen LogP contribution in [0, 0.1) is 13.8 Å². The normalized spacial score (nSPS) is 11.7. The summed E-state index contributed by atoms with van der Waals surface area (Å²) in [6.07, 6.45) is 1.75. The van der Waals surface area contributed by atoms with Gasteiger partial charge in [0.15, 0.2) is 5.78 Å². The second kappa shape index (κ2) is 6.06. The van der Waals surface area contributed by atoms with Crippen molar-refractivity contribution in [2.75, 3.05) is 5.75 Å². The van der Waals surface area contributed by atoms with Crippen LogP contribution in [0.4, 0.5) is 0 Å². The maximum Gasteiger partial charge on any atom is 0.174 e. The number of Topliss-reactive ketones (excluding diaryl/α,β-unsaturated/α-hetero) is 1. The summed E-state index contributed by atoms with van der Waals surface area (Å²) in [7, 11) is 0. The van der Waals surface area contributed by atoms with Crippen molar-refractivity contribution >= 4 is 17.5 Å². The molecule has 0 unspecified atom stereocenters. The number of carbonyl (C=O) groups is 1. The molecule has 0 N–H and O–H groups in total. The standard InChI is InChI=1S/C17H22N2OS/c1-12-10-14(13(2)19(12)17(3,4)5)15(20)11-21-16-8-6-7-9-18-16/h6-10H,11H2,1-5H3. The number of nitrogens with zero attached hydrogens (tertiary/aromatic N) is 2. The van der Waals surface area contributed by atoms with Crippen molar-refractivity contribution < 1.29 is 4.79 Å². The van der Waals surface area contributed by atoms with Crippen LogP contribution in [0.25, 0.3) is 0 Å². The minimum atomic E-state index is -0.0131. The van der Waals surface area contributed by atoms with Gasteiger partial charge in [0.05, 0.1) is 10.8 Å². The van der Waals surface area contributed by atoms with Crippen LogP contribution in [0.1, 0.15) is 42.5 Å². The molecule has 0 spiro atoms. The molecule has 0 amide bonds. The lowest BCUT2D eigenvalue weighted by molar-refractivity contribution is 0.102. The third-order valence-electron chi connectivity index (χ3n) is 3.39. The molecule has 112 valence electrons. The zero-order valence-electron chi connectivity index (χ0n) is 13.3. The molecule has 0 radical (unpaired) electrons. The van der Waals surface area contributed by atoms with Crippen molar-refractivity contribution in [2.45, 2.75) is 45.2 Å². The molecule has 0 saturated heterocycles. The van der Waals surface area contributed by atoms with E-state index >= 15 is 0 Å². The fourth-order valence-corrected chi connectivity index (χ4v) is 3.47. The number of aryl methyl sites for hydroxylation is 1. The molecule has 2 heterocycles. The predicted molar refractivity (Wildman–Crippen MR) is 88.2 cm³/mol. The summed E-state index contributed by atoms with van der Waals surface area (Å²) in [5.41, 5.74) is 2.99. The lowest BCUT2D eigenvalue weighted by atomic mass is 10.1. The second-order valence-electron chi connectivity index (χ2n) is 6.17. The maximum atomic E-state index is 12.5. The van der Waals surface area contributed by atoms with Gasteiger partial charge in [0.25, 0.3) is 0 Å². The first-order valence-corrected chi connectivity index (χ1v) is 8.05. The number of aromatic nitrogens is 2. The third kappa shape index (κ3) is 3.56. The van der Waals surface area contributed by atoms with Crippen LogP contribution in [0.5, 0.6) is 0 Å². The topological polar surface area (TPSA) is 34.9 Å². The van der Waals surface area contributed by atoms with E-state index in [1.165, 1.54) is 11.8 Å². The molecule has 0 bridgehead atoms. The number of carbonyl (C=O) groups excluding carboxylic acids is 1. The molecule has 0 aliphatic heterocycles. The lowest BCUT2D eigenvalue weighted by Crippen LogP contribution is -2.24. The Balaban J connectivity index is 2.17. The van der Waals surface area contributed by atoms with Crippen molar-refractivity contribution in [2.24, 2.45) is 0 Å². The van der Waals surface area contributed by atoms with Gasteiger partial charge in [-0.3, -0.25) is 4.79 Å². The Kier molecular flexibility index (Phi) is 4.57. The van der Waals surface area contributed by atoms with Gasteiger partial charge in [-0.15, -0.1) is 0 Å². The summed E-state index contributed by atoms with van der Waals surface area (Å²) in [5, 5.41) is 0.885. The summed E-state index contributed by atoms with van der Waals surface area (Å²) in [6, 6.07) is 7.74. The van der Waals surface area contributed by atoms with E-state index in [4.69, 9.17) is 0 Å². The molecule has 3 nitrogen and oxygen atoms in total. The second-order valence-corrected chi connectivity index (χ2v) is 7.17. The minimum absolute atomic E-state index is 0.0131. The number of hydrogen-bond acceptors (Lipinski definition) is 3. The lowest BCUT2D eigenvalue weighted by Gasteiger charge is -2.25. The molecule has 0 saturated carbocycles. The molecule has 2 aromatic heterocycles. The van der Waals surface area contributed by atoms with Gasteiger partial charge in [-0.25, -0.2) is 4.98 Å². The molecule has 0 aromatic carbocycles. The molecule has 0 aliphatic carbocycles. The average molecular weight is 302 g/mol. The highest BCUT2D eigenvalue weighted by atomic mass is 32.2. The van der Waals surface area contributed by atoms with E-state index in [0.29, 0.717) is 5.75 Å². The van der Waals surface area contributed by atoms with Gasteiger partial charge in [-0.2, -0.15) is 0 Å². The van der Waals surface area contributed by atoms with Gasteiger partial charge in [-0.1, -0.05) is 17.8 Å². The monoisotopic (exact) mass is 302 g/mol. The van der Waals surface area contributed by atoms with E-state index in [9.17, 15) is 4.79 Å². The van der Waals surface area contributed by atoms with Crippen molar-refractivity contribution in [1.82, 2.24) is 9.55 Å². The van der Waals surface area contributed by atoms with Crippen LogP contribution in [0.2, 0.25) is 0 Å². The summed E-state index contributed by atoms with van der Waals surface area (Å²) < 4.78 is 2.23. The van der Waals surface area contributed by atoms with E-state index in [-0.39, 0.29) is 11.3 Å². The minimum Gasteiger partial charge on any atom is -0.343 e. The van der Waals surface area contributed by atoms with E-state index in [2.05, 4.69) is 37.2 Å². The summed E-state index contributed by atoms with van der Waals surface area (Å²) in [4.78, 5) is 16.7. The van der Waals surface area contributed by atoms with Gasteiger partial charge in [0, 0.05) is 28.7 Å². The van der Waals surface area contributed by atoms with Gasteiger partial charge in [-0.05, 0) is 52.8 Å². The Morgan fingerprint density at radius 1 is 1.29 bits per heavy atom. The van der Waals surface area contributed by atoms with E-state index in [1.54, 1.807) is 6.20 Å². The fraction of sp³-hybridized carbons (Fsp3) is 0.412. The fourth-order valence-electron chi connectivity index (χ4n) is 2.73. The zero-order valence-corrected chi connectivity index (χ0v) is 14.1. The average Bonchev–Trinajstić information content (AvgIpc) is 2.72. The molecule has 2 aromatic rings.